The molecule has 1 aliphatic heterocycles. The van der Waals surface area contributed by atoms with Crippen molar-refractivity contribution in [2.45, 2.75) is 0 Å². The largest absolute Gasteiger partial charge is 0.497 e. The molecule has 132 valence electrons. The number of anilines is 1. The number of rotatable bonds is 4. The highest BCUT2D eigenvalue weighted by Crippen LogP contribution is 2.28. The average molecular weight is 390 g/mol. The third-order valence-corrected chi connectivity index (χ3v) is 4.27. The molecular formula is C17H12ClN3O4S. The molecule has 2 aromatic rings. The van der Waals surface area contributed by atoms with E-state index < -0.39 is 4.92 Å². The predicted octanol–water partition coefficient (Wildman–Crippen LogP) is 3.52. The molecule has 0 aromatic heterocycles. The molecule has 0 atom stereocenters. The maximum atomic E-state index is 12.7. The van der Waals surface area contributed by atoms with E-state index in [9.17, 15) is 14.9 Å². The predicted molar refractivity (Wildman–Crippen MR) is 102 cm³/mol. The fraction of sp³-hybridized carbons (Fsp3) is 0.0588. The van der Waals surface area contributed by atoms with E-state index in [2.05, 4.69) is 5.32 Å². The lowest BCUT2D eigenvalue weighted by Crippen LogP contribution is -2.30. The lowest BCUT2D eigenvalue weighted by atomic mass is 10.1. The van der Waals surface area contributed by atoms with Crippen molar-refractivity contribution in [1.82, 2.24) is 5.32 Å². The molecule has 1 amide bonds. The van der Waals surface area contributed by atoms with Crippen LogP contribution in [0.2, 0.25) is 5.02 Å². The van der Waals surface area contributed by atoms with Crippen LogP contribution in [-0.4, -0.2) is 23.1 Å². The summed E-state index contributed by atoms with van der Waals surface area (Å²) in [6.45, 7) is 0. The van der Waals surface area contributed by atoms with Gasteiger partial charge in [0.15, 0.2) is 5.11 Å². The number of hydrogen-bond acceptors (Lipinski definition) is 5. The lowest BCUT2D eigenvalue weighted by molar-refractivity contribution is -0.384. The van der Waals surface area contributed by atoms with Crippen LogP contribution in [0.15, 0.2) is 48.2 Å². The van der Waals surface area contributed by atoms with Gasteiger partial charge in [0, 0.05) is 12.1 Å². The van der Waals surface area contributed by atoms with E-state index in [-0.39, 0.29) is 27.4 Å². The number of amides is 1. The fourth-order valence-corrected chi connectivity index (χ4v) is 2.93. The van der Waals surface area contributed by atoms with Gasteiger partial charge in [-0.1, -0.05) is 23.7 Å². The molecule has 1 aliphatic rings. The highest BCUT2D eigenvalue weighted by Gasteiger charge is 2.32. The zero-order valence-electron chi connectivity index (χ0n) is 13.4. The summed E-state index contributed by atoms with van der Waals surface area (Å²) in [6.07, 6.45) is 1.48. The van der Waals surface area contributed by atoms with E-state index in [0.29, 0.717) is 17.0 Å². The van der Waals surface area contributed by atoms with Crippen LogP contribution in [0.1, 0.15) is 5.56 Å². The standard InChI is InChI=1S/C17H12ClN3O4S/c1-25-12-4-2-3-11(9-12)20-16(22)14(19-17(20)26)7-10-5-6-13(18)15(8-10)21(23)24/h2-9H,1H3,(H,19,26)/b14-7+. The molecular weight excluding hydrogens is 378 g/mol. The normalized spacial score (nSPS) is 15.3. The average Bonchev–Trinajstić information content (AvgIpc) is 2.90. The van der Waals surface area contributed by atoms with Crippen molar-refractivity contribution in [2.24, 2.45) is 0 Å². The van der Waals surface area contributed by atoms with Crippen LogP contribution >= 0.6 is 23.8 Å². The molecule has 9 heteroatoms. The number of nitrogens with zero attached hydrogens (tertiary/aromatic N) is 2. The first kappa shape index (κ1) is 17.8. The number of methoxy groups -OCH3 is 1. The lowest BCUT2D eigenvalue weighted by Gasteiger charge is -2.14. The first-order valence-corrected chi connectivity index (χ1v) is 8.14. The number of nitro benzene ring substituents is 1. The second-order valence-corrected chi connectivity index (χ2v) is 6.09. The molecule has 1 saturated heterocycles. The van der Waals surface area contributed by atoms with Crippen LogP contribution in [0.5, 0.6) is 5.75 Å². The van der Waals surface area contributed by atoms with Gasteiger partial charge in [-0.15, -0.1) is 0 Å². The second-order valence-electron chi connectivity index (χ2n) is 5.30. The van der Waals surface area contributed by atoms with E-state index in [1.165, 1.54) is 30.2 Å². The Labute approximate surface area is 159 Å². The van der Waals surface area contributed by atoms with Crippen molar-refractivity contribution in [3.05, 3.63) is 68.9 Å². The van der Waals surface area contributed by atoms with Gasteiger partial charge in [-0.2, -0.15) is 0 Å². The van der Waals surface area contributed by atoms with Gasteiger partial charge in [0.05, 0.1) is 17.7 Å². The molecule has 26 heavy (non-hydrogen) atoms. The molecule has 0 radical (unpaired) electrons. The molecule has 0 saturated carbocycles. The molecule has 7 nitrogen and oxygen atoms in total. The summed E-state index contributed by atoms with van der Waals surface area (Å²) in [4.78, 5) is 24.5. The van der Waals surface area contributed by atoms with Gasteiger partial charge in [-0.05, 0) is 42.1 Å². The van der Waals surface area contributed by atoms with Gasteiger partial charge in [-0.25, -0.2) is 0 Å². The van der Waals surface area contributed by atoms with Crippen molar-refractivity contribution in [3.8, 4) is 5.75 Å². The van der Waals surface area contributed by atoms with Crippen LogP contribution in [0.4, 0.5) is 11.4 Å². The monoisotopic (exact) mass is 389 g/mol. The Morgan fingerprint density at radius 3 is 2.77 bits per heavy atom. The molecule has 0 bridgehead atoms. The van der Waals surface area contributed by atoms with Crippen molar-refractivity contribution in [3.63, 3.8) is 0 Å². The molecule has 0 spiro atoms. The summed E-state index contributed by atoms with van der Waals surface area (Å²) < 4.78 is 5.16. The fourth-order valence-electron chi connectivity index (χ4n) is 2.45. The molecule has 0 aliphatic carbocycles. The molecule has 1 fully saturated rings. The maximum Gasteiger partial charge on any atom is 0.288 e. The van der Waals surface area contributed by atoms with Crippen molar-refractivity contribution < 1.29 is 14.5 Å². The Kier molecular flexibility index (Phi) is 4.88. The Morgan fingerprint density at radius 2 is 2.08 bits per heavy atom. The molecule has 1 heterocycles. The number of halogens is 1. The summed E-state index contributed by atoms with van der Waals surface area (Å²) in [7, 11) is 1.53. The Bertz CT molecular complexity index is 961. The molecule has 1 N–H and O–H groups in total. The van der Waals surface area contributed by atoms with Crippen LogP contribution in [-0.2, 0) is 4.79 Å². The molecule has 0 unspecified atom stereocenters. The number of nitro groups is 1. The first-order chi connectivity index (χ1) is 12.4. The van der Waals surface area contributed by atoms with E-state index in [4.69, 9.17) is 28.6 Å². The van der Waals surface area contributed by atoms with E-state index in [1.54, 1.807) is 30.3 Å². The summed E-state index contributed by atoms with van der Waals surface area (Å²) >= 11 is 11.0. The van der Waals surface area contributed by atoms with Gasteiger partial charge < -0.3 is 10.1 Å². The summed E-state index contributed by atoms with van der Waals surface area (Å²) in [6, 6.07) is 11.2. The maximum absolute atomic E-state index is 12.7. The number of thiocarbonyl (C=S) groups is 1. The van der Waals surface area contributed by atoms with Gasteiger partial charge >= 0.3 is 0 Å². The molecule has 2 aromatic carbocycles. The Hall–Kier alpha value is -2.97. The topological polar surface area (TPSA) is 84.7 Å². The summed E-state index contributed by atoms with van der Waals surface area (Å²) in [5, 5.41) is 14.1. The van der Waals surface area contributed by atoms with Crippen LogP contribution < -0.4 is 15.0 Å². The minimum Gasteiger partial charge on any atom is -0.497 e. The van der Waals surface area contributed by atoms with E-state index in [0.717, 1.165) is 0 Å². The van der Waals surface area contributed by atoms with E-state index >= 15 is 0 Å². The SMILES string of the molecule is COc1cccc(N2C(=O)/C(=C\c3ccc(Cl)c([N+](=O)[O-])c3)NC2=S)c1. The minimum atomic E-state index is -0.582. The quantitative estimate of drug-likeness (QED) is 0.373. The second kappa shape index (κ2) is 7.11. The Morgan fingerprint density at radius 1 is 1.31 bits per heavy atom. The summed E-state index contributed by atoms with van der Waals surface area (Å²) in [5.74, 6) is 0.213. The van der Waals surface area contributed by atoms with Gasteiger partial charge in [-0.3, -0.25) is 19.8 Å². The third-order valence-electron chi connectivity index (χ3n) is 3.67. The number of hydrogen-bond donors (Lipinski definition) is 1. The summed E-state index contributed by atoms with van der Waals surface area (Å²) in [5.41, 5.74) is 0.970. The third kappa shape index (κ3) is 3.37. The number of carbonyl (C=O) groups excluding carboxylic acids is 1. The Balaban J connectivity index is 1.95. The number of benzene rings is 2. The van der Waals surface area contributed by atoms with Crippen LogP contribution in [0.3, 0.4) is 0 Å². The van der Waals surface area contributed by atoms with Crippen molar-refractivity contribution in [2.75, 3.05) is 12.0 Å². The van der Waals surface area contributed by atoms with Gasteiger partial charge in [0.2, 0.25) is 0 Å². The van der Waals surface area contributed by atoms with Gasteiger partial charge in [0.25, 0.3) is 11.6 Å². The minimum absolute atomic E-state index is 0.0244. The highest BCUT2D eigenvalue weighted by atomic mass is 35.5. The number of nitrogens with one attached hydrogen (secondary N) is 1. The van der Waals surface area contributed by atoms with Crippen LogP contribution in [0.25, 0.3) is 6.08 Å². The van der Waals surface area contributed by atoms with Crippen molar-refractivity contribution >= 4 is 52.3 Å². The number of carbonyl (C=O) groups is 1. The zero-order chi connectivity index (χ0) is 18.8. The van der Waals surface area contributed by atoms with E-state index in [1.807, 2.05) is 0 Å². The smallest absolute Gasteiger partial charge is 0.288 e. The first-order valence-electron chi connectivity index (χ1n) is 7.36. The zero-order valence-corrected chi connectivity index (χ0v) is 15.0. The number of ether oxygens (including phenoxy) is 1. The highest BCUT2D eigenvalue weighted by molar-refractivity contribution is 7.80. The van der Waals surface area contributed by atoms with Crippen molar-refractivity contribution in [1.29, 1.82) is 0 Å². The molecule has 3 rings (SSSR count). The van der Waals surface area contributed by atoms with Crippen LogP contribution in [0, 0.1) is 10.1 Å². The van der Waals surface area contributed by atoms with Gasteiger partial charge in [0.1, 0.15) is 16.5 Å².